The van der Waals surface area contributed by atoms with E-state index in [0.29, 0.717) is 12.3 Å². The van der Waals surface area contributed by atoms with Crippen LogP contribution in [-0.2, 0) is 11.3 Å². The molecule has 78 valence electrons. The number of imidazole rings is 1. The van der Waals surface area contributed by atoms with Crippen LogP contribution in [0, 0.1) is 0 Å². The van der Waals surface area contributed by atoms with Crippen LogP contribution in [0.25, 0.3) is 5.78 Å². The van der Waals surface area contributed by atoms with Crippen molar-refractivity contribution in [2.45, 2.75) is 6.54 Å². The summed E-state index contributed by atoms with van der Waals surface area (Å²) in [4.78, 5) is 18.5. The van der Waals surface area contributed by atoms with E-state index in [-0.39, 0.29) is 6.54 Å². The Labute approximate surface area is 85.6 Å². The van der Waals surface area contributed by atoms with Crippen LogP contribution >= 0.6 is 0 Å². The first kappa shape index (κ1) is 9.60. The second-order valence-electron chi connectivity index (χ2n) is 3.06. The van der Waals surface area contributed by atoms with Gasteiger partial charge in [0.15, 0.2) is 0 Å². The Morgan fingerprint density at radius 3 is 3.20 bits per heavy atom. The number of nitrogens with one attached hydrogen (secondary N) is 1. The zero-order valence-electron chi connectivity index (χ0n) is 7.92. The predicted octanol–water partition coefficient (Wildman–Crippen LogP) is -0.0965. The fourth-order valence-electron chi connectivity index (χ4n) is 1.26. The fraction of sp³-hybridized carbons (Fsp3) is 0.222. The lowest BCUT2D eigenvalue weighted by Crippen LogP contribution is -2.21. The van der Waals surface area contributed by atoms with Crippen molar-refractivity contribution in [3.63, 3.8) is 0 Å². The van der Waals surface area contributed by atoms with E-state index in [4.69, 9.17) is 5.11 Å². The van der Waals surface area contributed by atoms with E-state index in [1.165, 1.54) is 0 Å². The highest BCUT2D eigenvalue weighted by Crippen LogP contribution is 2.00. The minimum absolute atomic E-state index is 0.0682. The quantitative estimate of drug-likeness (QED) is 0.730. The number of aromatic nitrogens is 3. The van der Waals surface area contributed by atoms with E-state index < -0.39 is 5.97 Å². The van der Waals surface area contributed by atoms with Gasteiger partial charge in [-0.15, -0.1) is 0 Å². The Hall–Kier alpha value is -1.95. The first-order chi connectivity index (χ1) is 7.25. The van der Waals surface area contributed by atoms with Gasteiger partial charge in [-0.25, -0.2) is 9.97 Å². The molecule has 0 bridgehead atoms. The third kappa shape index (κ3) is 2.29. The molecule has 6 nitrogen and oxygen atoms in total. The SMILES string of the molecule is O=C(O)CNCc1cn2cccnc2n1. The normalized spacial score (nSPS) is 10.7. The molecule has 0 atom stereocenters. The molecule has 0 aromatic carbocycles. The molecule has 2 aromatic heterocycles. The standard InChI is InChI=1S/C9H10N4O2/c14-8(15)5-10-4-7-6-13-3-1-2-11-9(13)12-7/h1-3,6,10H,4-5H2,(H,14,15). The van der Waals surface area contributed by atoms with Gasteiger partial charge in [0.05, 0.1) is 12.2 Å². The van der Waals surface area contributed by atoms with Crippen LogP contribution in [0.3, 0.4) is 0 Å². The molecule has 2 aromatic rings. The highest BCUT2D eigenvalue weighted by molar-refractivity contribution is 5.68. The van der Waals surface area contributed by atoms with Gasteiger partial charge in [-0.05, 0) is 6.07 Å². The van der Waals surface area contributed by atoms with Gasteiger partial charge < -0.3 is 10.4 Å². The van der Waals surface area contributed by atoms with Crippen molar-refractivity contribution in [2.75, 3.05) is 6.54 Å². The minimum atomic E-state index is -0.878. The second kappa shape index (κ2) is 4.05. The van der Waals surface area contributed by atoms with Crippen LogP contribution in [0.4, 0.5) is 0 Å². The number of hydrogen-bond acceptors (Lipinski definition) is 4. The van der Waals surface area contributed by atoms with Crippen LogP contribution < -0.4 is 5.32 Å². The summed E-state index contributed by atoms with van der Waals surface area (Å²) < 4.78 is 1.79. The topological polar surface area (TPSA) is 79.5 Å². The van der Waals surface area contributed by atoms with Gasteiger partial charge in [0.2, 0.25) is 5.78 Å². The third-order valence-corrected chi connectivity index (χ3v) is 1.87. The number of hydrogen-bond donors (Lipinski definition) is 2. The molecule has 2 heterocycles. The summed E-state index contributed by atoms with van der Waals surface area (Å²) in [5, 5.41) is 11.2. The highest BCUT2D eigenvalue weighted by atomic mass is 16.4. The van der Waals surface area contributed by atoms with Gasteiger partial charge in [0.1, 0.15) is 0 Å². The average molecular weight is 206 g/mol. The zero-order chi connectivity index (χ0) is 10.7. The van der Waals surface area contributed by atoms with E-state index in [9.17, 15) is 4.79 Å². The van der Waals surface area contributed by atoms with Crippen molar-refractivity contribution in [3.8, 4) is 0 Å². The number of aliphatic carboxylic acids is 1. The van der Waals surface area contributed by atoms with E-state index in [2.05, 4.69) is 15.3 Å². The molecule has 0 aliphatic rings. The molecule has 6 heteroatoms. The van der Waals surface area contributed by atoms with Crippen molar-refractivity contribution in [2.24, 2.45) is 0 Å². The van der Waals surface area contributed by atoms with Crippen LogP contribution in [0.15, 0.2) is 24.7 Å². The summed E-state index contributed by atoms with van der Waals surface area (Å²) in [5.41, 5.74) is 0.773. The minimum Gasteiger partial charge on any atom is -0.480 e. The molecule has 0 unspecified atom stereocenters. The maximum absolute atomic E-state index is 10.3. The monoisotopic (exact) mass is 206 g/mol. The van der Waals surface area contributed by atoms with Gasteiger partial charge in [0, 0.05) is 25.1 Å². The van der Waals surface area contributed by atoms with E-state index in [1.54, 1.807) is 10.6 Å². The molecule has 0 amide bonds. The highest BCUT2D eigenvalue weighted by Gasteiger charge is 2.02. The number of nitrogens with zero attached hydrogens (tertiary/aromatic N) is 3. The summed E-state index contributed by atoms with van der Waals surface area (Å²) in [5.74, 6) is -0.262. The molecule has 0 saturated heterocycles. The summed E-state index contributed by atoms with van der Waals surface area (Å²) in [6.45, 7) is 0.358. The van der Waals surface area contributed by atoms with Crippen LogP contribution in [0.1, 0.15) is 5.69 Å². The number of carboxylic acids is 1. The average Bonchev–Trinajstić information content (AvgIpc) is 2.59. The lowest BCUT2D eigenvalue weighted by atomic mass is 10.4. The van der Waals surface area contributed by atoms with E-state index in [0.717, 1.165) is 5.69 Å². The molecule has 0 radical (unpaired) electrons. The smallest absolute Gasteiger partial charge is 0.317 e. The Kier molecular flexibility index (Phi) is 2.59. The van der Waals surface area contributed by atoms with Crippen molar-refractivity contribution in [3.05, 3.63) is 30.4 Å². The summed E-state index contributed by atoms with van der Waals surface area (Å²) >= 11 is 0. The largest absolute Gasteiger partial charge is 0.480 e. The van der Waals surface area contributed by atoms with Crippen LogP contribution in [0.5, 0.6) is 0 Å². The summed E-state index contributed by atoms with van der Waals surface area (Å²) in [7, 11) is 0. The van der Waals surface area contributed by atoms with E-state index in [1.807, 2.05) is 18.5 Å². The van der Waals surface area contributed by atoms with Crippen molar-refractivity contribution in [1.29, 1.82) is 0 Å². The van der Waals surface area contributed by atoms with Crippen molar-refractivity contribution >= 4 is 11.7 Å². The molecular weight excluding hydrogens is 196 g/mol. The van der Waals surface area contributed by atoms with Crippen molar-refractivity contribution in [1.82, 2.24) is 19.7 Å². The van der Waals surface area contributed by atoms with Gasteiger partial charge >= 0.3 is 5.97 Å². The first-order valence-electron chi connectivity index (χ1n) is 4.47. The lowest BCUT2D eigenvalue weighted by molar-refractivity contribution is -0.135. The summed E-state index contributed by atoms with van der Waals surface area (Å²) in [6.07, 6.45) is 5.32. The maximum atomic E-state index is 10.3. The Morgan fingerprint density at radius 2 is 2.47 bits per heavy atom. The lowest BCUT2D eigenvalue weighted by Gasteiger charge is -1.95. The molecule has 0 saturated carbocycles. The molecule has 0 spiro atoms. The third-order valence-electron chi connectivity index (χ3n) is 1.87. The molecule has 2 rings (SSSR count). The van der Waals surface area contributed by atoms with Gasteiger partial charge in [-0.2, -0.15) is 0 Å². The second-order valence-corrected chi connectivity index (χ2v) is 3.06. The number of rotatable bonds is 4. The summed E-state index contributed by atoms with van der Waals surface area (Å²) in [6, 6.07) is 1.81. The van der Waals surface area contributed by atoms with Gasteiger partial charge in [0.25, 0.3) is 0 Å². The molecule has 2 N–H and O–H groups in total. The number of carbonyl (C=O) groups is 1. The molecular formula is C9H10N4O2. The first-order valence-corrected chi connectivity index (χ1v) is 4.47. The Balaban J connectivity index is 2.05. The van der Waals surface area contributed by atoms with Gasteiger partial charge in [-0.3, -0.25) is 9.20 Å². The zero-order valence-corrected chi connectivity index (χ0v) is 7.92. The molecule has 0 aliphatic carbocycles. The van der Waals surface area contributed by atoms with Crippen LogP contribution in [0.2, 0.25) is 0 Å². The number of fused-ring (bicyclic) bond motifs is 1. The van der Waals surface area contributed by atoms with Gasteiger partial charge in [-0.1, -0.05) is 0 Å². The number of carboxylic acid groups (broad SMARTS) is 1. The molecule has 0 fully saturated rings. The Morgan fingerprint density at radius 1 is 1.60 bits per heavy atom. The Bertz CT molecular complexity index is 447. The fourth-order valence-corrected chi connectivity index (χ4v) is 1.26. The maximum Gasteiger partial charge on any atom is 0.317 e. The van der Waals surface area contributed by atoms with Crippen molar-refractivity contribution < 1.29 is 9.90 Å². The van der Waals surface area contributed by atoms with E-state index >= 15 is 0 Å². The van der Waals surface area contributed by atoms with Crippen LogP contribution in [-0.4, -0.2) is 32.0 Å². The molecule has 0 aliphatic heterocycles. The molecule has 15 heavy (non-hydrogen) atoms. The predicted molar refractivity (Wildman–Crippen MR) is 52.3 cm³/mol.